The van der Waals surface area contributed by atoms with Crippen LogP contribution in [0, 0.1) is 0 Å². The van der Waals surface area contributed by atoms with Gasteiger partial charge in [0.05, 0.1) is 6.33 Å². The van der Waals surface area contributed by atoms with Crippen molar-refractivity contribution in [1.29, 1.82) is 0 Å². The Balaban J connectivity index is 2.02. The van der Waals surface area contributed by atoms with Gasteiger partial charge in [0, 0.05) is 37.1 Å². The lowest BCUT2D eigenvalue weighted by Crippen LogP contribution is -2.35. The van der Waals surface area contributed by atoms with Crippen molar-refractivity contribution in [3.8, 4) is 0 Å². The number of imidazole rings is 1. The van der Waals surface area contributed by atoms with Gasteiger partial charge in [-0.15, -0.1) is 0 Å². The molecule has 1 unspecified atom stereocenters. The minimum absolute atomic E-state index is 0.0266. The second-order valence-corrected chi connectivity index (χ2v) is 5.12. The van der Waals surface area contributed by atoms with Crippen molar-refractivity contribution in [1.82, 2.24) is 19.9 Å². The van der Waals surface area contributed by atoms with Crippen LogP contribution in [0.3, 0.4) is 0 Å². The standard InChI is InChI=1S/C14H18ClN5O/c1-3-17-13-7-11(6-12(15)19-13)14(21)18-10(2)8-20-5-4-16-9-20/h4-7,9-10H,3,8H2,1-2H3,(H,17,19)(H,18,21). The first-order valence-electron chi connectivity index (χ1n) is 6.76. The SMILES string of the molecule is CCNc1cc(C(=O)NC(C)Cn2ccnc2)cc(Cl)n1. The first kappa shape index (κ1) is 15.3. The molecular weight excluding hydrogens is 290 g/mol. The van der Waals surface area contributed by atoms with Gasteiger partial charge in [0.15, 0.2) is 0 Å². The van der Waals surface area contributed by atoms with Crippen LogP contribution in [0.4, 0.5) is 5.82 Å². The van der Waals surface area contributed by atoms with E-state index in [1.165, 1.54) is 0 Å². The van der Waals surface area contributed by atoms with Gasteiger partial charge < -0.3 is 15.2 Å². The topological polar surface area (TPSA) is 71.8 Å². The van der Waals surface area contributed by atoms with Gasteiger partial charge in [-0.05, 0) is 26.0 Å². The molecule has 1 atom stereocenters. The molecule has 2 N–H and O–H groups in total. The fourth-order valence-corrected chi connectivity index (χ4v) is 2.17. The summed E-state index contributed by atoms with van der Waals surface area (Å²) >= 11 is 5.94. The van der Waals surface area contributed by atoms with Gasteiger partial charge in [0.1, 0.15) is 11.0 Å². The lowest BCUT2D eigenvalue weighted by Gasteiger charge is -2.15. The highest BCUT2D eigenvalue weighted by molar-refractivity contribution is 6.29. The summed E-state index contributed by atoms with van der Waals surface area (Å²) in [5.74, 6) is 0.420. The number of aromatic nitrogens is 3. The van der Waals surface area contributed by atoms with E-state index in [0.29, 0.717) is 29.6 Å². The predicted molar refractivity (Wildman–Crippen MR) is 82.6 cm³/mol. The van der Waals surface area contributed by atoms with Gasteiger partial charge in [-0.1, -0.05) is 11.6 Å². The van der Waals surface area contributed by atoms with E-state index in [9.17, 15) is 4.79 Å². The maximum absolute atomic E-state index is 12.2. The third kappa shape index (κ3) is 4.46. The van der Waals surface area contributed by atoms with Crippen molar-refractivity contribution in [2.24, 2.45) is 0 Å². The first-order chi connectivity index (χ1) is 10.1. The number of pyridine rings is 1. The van der Waals surface area contributed by atoms with Crippen LogP contribution in [0.15, 0.2) is 30.9 Å². The van der Waals surface area contributed by atoms with Crippen LogP contribution in [0.1, 0.15) is 24.2 Å². The van der Waals surface area contributed by atoms with Crippen molar-refractivity contribution >= 4 is 23.3 Å². The number of carbonyl (C=O) groups excluding carboxylic acids is 1. The van der Waals surface area contributed by atoms with E-state index >= 15 is 0 Å². The monoisotopic (exact) mass is 307 g/mol. The van der Waals surface area contributed by atoms with Crippen molar-refractivity contribution in [3.05, 3.63) is 41.6 Å². The Morgan fingerprint density at radius 2 is 2.29 bits per heavy atom. The van der Waals surface area contributed by atoms with Crippen LogP contribution in [-0.4, -0.2) is 33.0 Å². The average Bonchev–Trinajstić information content (AvgIpc) is 2.91. The number of carbonyl (C=O) groups is 1. The summed E-state index contributed by atoms with van der Waals surface area (Å²) in [5.41, 5.74) is 0.489. The van der Waals surface area contributed by atoms with Crippen LogP contribution in [0.25, 0.3) is 0 Å². The fraction of sp³-hybridized carbons (Fsp3) is 0.357. The van der Waals surface area contributed by atoms with E-state index in [1.54, 1.807) is 24.7 Å². The number of hydrogen-bond acceptors (Lipinski definition) is 4. The predicted octanol–water partition coefficient (Wildman–Crippen LogP) is 2.18. The molecule has 6 nitrogen and oxygen atoms in total. The minimum atomic E-state index is -0.175. The quantitative estimate of drug-likeness (QED) is 0.802. The van der Waals surface area contributed by atoms with Crippen LogP contribution in [0.2, 0.25) is 5.15 Å². The number of rotatable bonds is 6. The van der Waals surface area contributed by atoms with Crippen molar-refractivity contribution in [3.63, 3.8) is 0 Å². The average molecular weight is 308 g/mol. The molecule has 7 heteroatoms. The smallest absolute Gasteiger partial charge is 0.251 e. The summed E-state index contributed by atoms with van der Waals surface area (Å²) in [7, 11) is 0. The maximum Gasteiger partial charge on any atom is 0.251 e. The summed E-state index contributed by atoms with van der Waals surface area (Å²) in [5, 5.41) is 6.27. The van der Waals surface area contributed by atoms with Gasteiger partial charge in [-0.3, -0.25) is 4.79 Å². The summed E-state index contributed by atoms with van der Waals surface area (Å²) in [4.78, 5) is 20.3. The molecule has 21 heavy (non-hydrogen) atoms. The van der Waals surface area contributed by atoms with Gasteiger partial charge in [0.2, 0.25) is 0 Å². The van der Waals surface area contributed by atoms with E-state index in [1.807, 2.05) is 24.6 Å². The van der Waals surface area contributed by atoms with E-state index in [2.05, 4.69) is 20.6 Å². The minimum Gasteiger partial charge on any atom is -0.370 e. The zero-order chi connectivity index (χ0) is 15.2. The lowest BCUT2D eigenvalue weighted by molar-refractivity contribution is 0.0936. The molecule has 0 aliphatic heterocycles. The van der Waals surface area contributed by atoms with E-state index in [-0.39, 0.29) is 11.9 Å². The molecule has 2 aromatic heterocycles. The Labute approximate surface area is 128 Å². The van der Waals surface area contributed by atoms with E-state index in [4.69, 9.17) is 11.6 Å². The first-order valence-corrected chi connectivity index (χ1v) is 7.14. The number of hydrogen-bond donors (Lipinski definition) is 2. The van der Waals surface area contributed by atoms with Crippen LogP contribution in [-0.2, 0) is 6.54 Å². The van der Waals surface area contributed by atoms with Gasteiger partial charge in [-0.25, -0.2) is 9.97 Å². The number of nitrogens with zero attached hydrogens (tertiary/aromatic N) is 3. The van der Waals surface area contributed by atoms with Crippen molar-refractivity contribution in [2.45, 2.75) is 26.4 Å². The number of anilines is 1. The molecule has 0 saturated heterocycles. The normalized spacial score (nSPS) is 12.0. The molecule has 2 aromatic rings. The lowest BCUT2D eigenvalue weighted by atomic mass is 10.2. The molecular formula is C14H18ClN5O. The highest BCUT2D eigenvalue weighted by Crippen LogP contribution is 2.14. The summed E-state index contributed by atoms with van der Waals surface area (Å²) in [6.07, 6.45) is 5.28. The molecule has 0 aromatic carbocycles. The molecule has 112 valence electrons. The molecule has 1 amide bonds. The second-order valence-electron chi connectivity index (χ2n) is 4.73. The van der Waals surface area contributed by atoms with E-state index < -0.39 is 0 Å². The van der Waals surface area contributed by atoms with E-state index in [0.717, 1.165) is 0 Å². The van der Waals surface area contributed by atoms with Crippen LogP contribution in [0.5, 0.6) is 0 Å². The summed E-state index contributed by atoms with van der Waals surface area (Å²) in [6, 6.07) is 3.22. The molecule has 0 aliphatic rings. The molecule has 2 rings (SSSR count). The Morgan fingerprint density at radius 3 is 2.95 bits per heavy atom. The molecule has 2 heterocycles. The third-order valence-corrected chi connectivity index (χ3v) is 3.03. The molecule has 0 saturated carbocycles. The van der Waals surface area contributed by atoms with Crippen LogP contribution < -0.4 is 10.6 Å². The van der Waals surface area contributed by atoms with Crippen molar-refractivity contribution < 1.29 is 4.79 Å². The number of halogens is 1. The number of nitrogens with one attached hydrogen (secondary N) is 2. The van der Waals surface area contributed by atoms with Crippen molar-refractivity contribution in [2.75, 3.05) is 11.9 Å². The molecule has 0 bridgehead atoms. The highest BCUT2D eigenvalue weighted by atomic mass is 35.5. The third-order valence-electron chi connectivity index (χ3n) is 2.84. The Morgan fingerprint density at radius 1 is 1.48 bits per heavy atom. The highest BCUT2D eigenvalue weighted by Gasteiger charge is 2.12. The zero-order valence-corrected chi connectivity index (χ0v) is 12.8. The maximum atomic E-state index is 12.2. The second kappa shape index (κ2) is 7.08. The molecule has 0 radical (unpaired) electrons. The Hall–Kier alpha value is -2.08. The van der Waals surface area contributed by atoms with Gasteiger partial charge >= 0.3 is 0 Å². The summed E-state index contributed by atoms with van der Waals surface area (Å²) < 4.78 is 1.91. The summed E-state index contributed by atoms with van der Waals surface area (Å²) in [6.45, 7) is 5.26. The van der Waals surface area contributed by atoms with Gasteiger partial charge in [0.25, 0.3) is 5.91 Å². The van der Waals surface area contributed by atoms with Crippen LogP contribution >= 0.6 is 11.6 Å². The molecule has 0 aliphatic carbocycles. The molecule has 0 spiro atoms. The molecule has 0 fully saturated rings. The number of amides is 1. The Bertz CT molecular complexity index is 599. The Kier molecular flexibility index (Phi) is 5.16. The largest absolute Gasteiger partial charge is 0.370 e. The zero-order valence-electron chi connectivity index (χ0n) is 12.0. The fourth-order valence-electron chi connectivity index (χ4n) is 1.96. The van der Waals surface area contributed by atoms with Gasteiger partial charge in [-0.2, -0.15) is 0 Å².